The summed E-state index contributed by atoms with van der Waals surface area (Å²) in [4.78, 5) is 2.50. The van der Waals surface area contributed by atoms with E-state index in [0.717, 1.165) is 17.1 Å². The molecule has 0 amide bonds. The van der Waals surface area contributed by atoms with Crippen molar-refractivity contribution in [2.45, 2.75) is 10.8 Å². The van der Waals surface area contributed by atoms with Crippen molar-refractivity contribution in [3.8, 4) is 22.3 Å². The predicted molar refractivity (Wildman–Crippen MR) is 286 cm³/mol. The largest absolute Gasteiger partial charge is 0.310 e. The summed E-state index contributed by atoms with van der Waals surface area (Å²) in [6, 6.07) is 97.8. The third kappa shape index (κ3) is 5.50. The minimum atomic E-state index is -0.585. The molecule has 2 aliphatic carbocycles. The molecular formula is C66H43NS. The molecule has 0 radical (unpaired) electrons. The number of benzene rings is 11. The molecule has 2 heteroatoms. The van der Waals surface area contributed by atoms with Crippen LogP contribution < -0.4 is 4.90 Å². The maximum atomic E-state index is 2.51. The summed E-state index contributed by atoms with van der Waals surface area (Å²) >= 11 is 1.89. The number of anilines is 3. The van der Waals surface area contributed by atoms with Crippen molar-refractivity contribution in [2.75, 3.05) is 4.90 Å². The summed E-state index contributed by atoms with van der Waals surface area (Å²) in [6.45, 7) is 0. The summed E-state index contributed by atoms with van der Waals surface area (Å²) in [7, 11) is 0. The maximum absolute atomic E-state index is 2.51. The van der Waals surface area contributed by atoms with Gasteiger partial charge in [-0.2, -0.15) is 0 Å². The van der Waals surface area contributed by atoms with E-state index in [4.69, 9.17) is 0 Å². The Labute approximate surface area is 400 Å². The van der Waals surface area contributed by atoms with Crippen LogP contribution in [0.1, 0.15) is 44.5 Å². The van der Waals surface area contributed by atoms with E-state index in [1.165, 1.54) is 97.7 Å². The quantitative estimate of drug-likeness (QED) is 0.154. The SMILES string of the molecule is c1ccc(C2(c3ccccc3)c3ccccc3-c3ccc(N(c4ccc5c(c4)C(c4ccccc4)(c4ccc6c(c4)sc4ccccc46)c4ccccc4-5)c4ccc5ccccc5c4)cc32)cc1. The van der Waals surface area contributed by atoms with Gasteiger partial charge in [0.2, 0.25) is 0 Å². The lowest BCUT2D eigenvalue weighted by atomic mass is 9.67. The van der Waals surface area contributed by atoms with Gasteiger partial charge in [-0.25, -0.2) is 0 Å². The Morgan fingerprint density at radius 3 is 1.31 bits per heavy atom. The zero-order valence-corrected chi connectivity index (χ0v) is 38.0. The van der Waals surface area contributed by atoms with Gasteiger partial charge < -0.3 is 4.90 Å². The Bertz CT molecular complexity index is 3890. The predicted octanol–water partition coefficient (Wildman–Crippen LogP) is 17.4. The Balaban J connectivity index is 1.05. The number of thiophene rings is 1. The molecule has 0 aliphatic heterocycles. The van der Waals surface area contributed by atoms with E-state index in [1.807, 2.05) is 11.3 Å². The van der Waals surface area contributed by atoms with Gasteiger partial charge in [-0.3, -0.25) is 0 Å². The highest BCUT2D eigenvalue weighted by Crippen LogP contribution is 2.60. The van der Waals surface area contributed by atoms with E-state index in [1.54, 1.807) is 0 Å². The van der Waals surface area contributed by atoms with Gasteiger partial charge >= 0.3 is 0 Å². The molecule has 0 N–H and O–H groups in total. The highest BCUT2D eigenvalue weighted by atomic mass is 32.1. The average Bonchev–Trinajstić information content (AvgIpc) is 4.04. The first-order chi connectivity index (χ1) is 33.7. The van der Waals surface area contributed by atoms with Crippen LogP contribution in [0.2, 0.25) is 0 Å². The average molecular weight is 882 g/mol. The van der Waals surface area contributed by atoms with Gasteiger partial charge in [0.15, 0.2) is 0 Å². The molecule has 1 nitrogen and oxygen atoms in total. The lowest BCUT2D eigenvalue weighted by Crippen LogP contribution is -2.29. The van der Waals surface area contributed by atoms with E-state index in [9.17, 15) is 0 Å². The van der Waals surface area contributed by atoms with Gasteiger partial charge in [0, 0.05) is 37.2 Å². The first-order valence-electron chi connectivity index (χ1n) is 23.6. The molecule has 68 heavy (non-hydrogen) atoms. The number of nitrogens with zero attached hydrogens (tertiary/aromatic N) is 1. The van der Waals surface area contributed by atoms with Crippen molar-refractivity contribution >= 4 is 59.3 Å². The molecule has 12 aromatic rings. The number of fused-ring (bicyclic) bond motifs is 10. The summed E-state index contributed by atoms with van der Waals surface area (Å²) in [5, 5.41) is 5.04. The number of hydrogen-bond acceptors (Lipinski definition) is 2. The van der Waals surface area contributed by atoms with E-state index >= 15 is 0 Å². The van der Waals surface area contributed by atoms with Crippen LogP contribution in [0.25, 0.3) is 53.2 Å². The lowest BCUT2D eigenvalue weighted by Gasteiger charge is -2.36. The van der Waals surface area contributed by atoms with E-state index in [2.05, 4.69) is 266 Å². The minimum Gasteiger partial charge on any atom is -0.310 e. The molecular weight excluding hydrogens is 839 g/mol. The topological polar surface area (TPSA) is 3.24 Å². The lowest BCUT2D eigenvalue weighted by molar-refractivity contribution is 0.768. The van der Waals surface area contributed by atoms with Crippen LogP contribution in [-0.4, -0.2) is 0 Å². The fraction of sp³-hybridized carbons (Fsp3) is 0.0303. The minimum absolute atomic E-state index is 0.535. The van der Waals surface area contributed by atoms with Crippen LogP contribution in [0.15, 0.2) is 261 Å². The molecule has 1 aromatic heterocycles. The molecule has 0 saturated carbocycles. The van der Waals surface area contributed by atoms with Gasteiger partial charge in [-0.05, 0) is 126 Å². The molecule has 0 saturated heterocycles. The first kappa shape index (κ1) is 38.9. The van der Waals surface area contributed by atoms with Gasteiger partial charge in [-0.15, -0.1) is 11.3 Å². The molecule has 0 fully saturated rings. The number of rotatable bonds is 7. The van der Waals surface area contributed by atoms with Crippen LogP contribution in [0.5, 0.6) is 0 Å². The van der Waals surface area contributed by atoms with Gasteiger partial charge in [-0.1, -0.05) is 212 Å². The molecule has 1 unspecified atom stereocenters. The zero-order valence-electron chi connectivity index (χ0n) is 37.2. The smallest absolute Gasteiger partial charge is 0.0714 e. The molecule has 0 spiro atoms. The molecule has 1 atom stereocenters. The van der Waals surface area contributed by atoms with Crippen LogP contribution in [0.4, 0.5) is 17.1 Å². The normalized spacial score (nSPS) is 15.2. The second-order valence-corrected chi connectivity index (χ2v) is 19.4. The third-order valence-electron chi connectivity index (χ3n) is 15.0. The van der Waals surface area contributed by atoms with Crippen molar-refractivity contribution in [3.05, 3.63) is 305 Å². The second-order valence-electron chi connectivity index (χ2n) is 18.3. The Kier molecular flexibility index (Phi) is 8.65. The molecule has 2 aliphatic rings. The van der Waals surface area contributed by atoms with Crippen LogP contribution in [0.3, 0.4) is 0 Å². The number of hydrogen-bond donors (Lipinski definition) is 0. The Morgan fingerprint density at radius 2 is 0.706 bits per heavy atom. The Hall–Kier alpha value is -8.30. The fourth-order valence-corrected chi connectivity index (χ4v) is 13.3. The molecule has 14 rings (SSSR count). The molecule has 1 heterocycles. The third-order valence-corrected chi connectivity index (χ3v) is 16.1. The highest BCUT2D eigenvalue weighted by Gasteiger charge is 2.48. The summed E-state index contributed by atoms with van der Waals surface area (Å²) in [5.74, 6) is 0. The van der Waals surface area contributed by atoms with Crippen molar-refractivity contribution in [1.82, 2.24) is 0 Å². The summed E-state index contributed by atoms with van der Waals surface area (Å²) in [5.41, 5.74) is 17.5. The second kappa shape index (κ2) is 15.1. The van der Waals surface area contributed by atoms with Gasteiger partial charge in [0.05, 0.1) is 10.8 Å². The van der Waals surface area contributed by atoms with Crippen molar-refractivity contribution in [3.63, 3.8) is 0 Å². The van der Waals surface area contributed by atoms with E-state index in [0.29, 0.717) is 0 Å². The zero-order chi connectivity index (χ0) is 44.8. The standard InChI is InChI=1S/C66H43NS/c1-4-20-46(21-5-1)65(47-22-6-2-7-23-47)59-29-15-12-26-53(59)55-38-35-51(42-61(55)65)67(50-34-32-44-18-10-11-19-45(44)40-50)52-36-39-56-54-27-13-16-30-60(54)66(62(56)43-52,48-24-8-3-9-25-48)49-33-37-58-57-28-14-17-31-63(57)68-64(58)41-49/h1-43H. The summed E-state index contributed by atoms with van der Waals surface area (Å²) in [6.07, 6.45) is 0. The van der Waals surface area contributed by atoms with Gasteiger partial charge in [0.25, 0.3) is 0 Å². The molecule has 0 bridgehead atoms. The van der Waals surface area contributed by atoms with E-state index < -0.39 is 10.8 Å². The van der Waals surface area contributed by atoms with Crippen molar-refractivity contribution in [1.29, 1.82) is 0 Å². The van der Waals surface area contributed by atoms with Gasteiger partial charge in [0.1, 0.15) is 0 Å². The Morgan fingerprint density at radius 1 is 0.265 bits per heavy atom. The monoisotopic (exact) mass is 881 g/mol. The van der Waals surface area contributed by atoms with Crippen LogP contribution >= 0.6 is 11.3 Å². The van der Waals surface area contributed by atoms with Crippen LogP contribution in [0, 0.1) is 0 Å². The highest BCUT2D eigenvalue weighted by molar-refractivity contribution is 7.25. The van der Waals surface area contributed by atoms with Crippen molar-refractivity contribution < 1.29 is 0 Å². The fourth-order valence-electron chi connectivity index (χ4n) is 12.2. The molecule has 11 aromatic carbocycles. The molecule has 318 valence electrons. The maximum Gasteiger partial charge on any atom is 0.0714 e. The van der Waals surface area contributed by atoms with E-state index in [-0.39, 0.29) is 0 Å². The first-order valence-corrected chi connectivity index (χ1v) is 24.4. The summed E-state index contributed by atoms with van der Waals surface area (Å²) < 4.78 is 2.62. The van der Waals surface area contributed by atoms with Crippen LogP contribution in [-0.2, 0) is 10.8 Å². The van der Waals surface area contributed by atoms with Crippen molar-refractivity contribution in [2.24, 2.45) is 0 Å².